The predicted molar refractivity (Wildman–Crippen MR) is 533 cm³/mol. The van der Waals surface area contributed by atoms with Gasteiger partial charge in [0.1, 0.15) is 91.4 Å². The van der Waals surface area contributed by atoms with E-state index in [4.69, 9.17) is 68.5 Å². The van der Waals surface area contributed by atoms with E-state index in [9.17, 15) is 9.90 Å². The first-order valence-corrected chi connectivity index (χ1v) is 46.0. The second kappa shape index (κ2) is 37.5. The van der Waals surface area contributed by atoms with Crippen LogP contribution in [0, 0.1) is 17.8 Å². The van der Waals surface area contributed by atoms with Crippen LogP contribution in [0.5, 0.6) is 0 Å². The highest BCUT2D eigenvalue weighted by Gasteiger charge is 2.33. The number of rotatable bonds is 15. The number of imidazole rings is 4. The number of hydrogen-bond donors (Lipinski definition) is 7. The van der Waals surface area contributed by atoms with Gasteiger partial charge in [0.25, 0.3) is 0 Å². The molecular formula is C109H104N22O2. The Morgan fingerprint density at radius 2 is 0.624 bits per heavy atom. The summed E-state index contributed by atoms with van der Waals surface area (Å²) in [6, 6.07) is 82.7. The highest BCUT2D eigenvalue weighted by atomic mass is 16.3. The van der Waals surface area contributed by atoms with Crippen LogP contribution in [0.25, 0.3) is 156 Å². The van der Waals surface area contributed by atoms with Gasteiger partial charge in [0, 0.05) is 159 Å². The third-order valence-corrected chi connectivity index (χ3v) is 26.8. The van der Waals surface area contributed by atoms with E-state index in [0.29, 0.717) is 46.9 Å². The van der Waals surface area contributed by atoms with E-state index in [1.54, 1.807) is 31.8 Å². The number of carbonyl (C=O) groups excluding carboxylic acids is 1. The summed E-state index contributed by atoms with van der Waals surface area (Å²) in [6.45, 7) is 5.30. The average Bonchev–Trinajstić information content (AvgIpc) is 1.62. The zero-order chi connectivity index (χ0) is 90.7. The number of anilines is 4. The Morgan fingerprint density at radius 1 is 0.346 bits per heavy atom. The largest absolute Gasteiger partial charge is 0.396 e. The molecule has 3 aliphatic rings. The highest BCUT2D eigenvalue weighted by Crippen LogP contribution is 2.45. The number of hydrogen-bond acceptors (Lipinski definition) is 19. The highest BCUT2D eigenvalue weighted by molar-refractivity contribution is 5.96. The second-order valence-corrected chi connectivity index (χ2v) is 35.4. The zero-order valence-electron chi connectivity index (χ0n) is 74.6. The SMILES string of the molecule is CC(C)c1nc(-c2ccc3ccc(-c4ccccc4)nc3c2)c2c(N)nccn12.CNC(=O)C1CCC(c2nc(-c3ccc4ccc(-c5ccccc5)nc4c3)c3c(N)nccn23)CC1.NCC1CCC(c2nc(-c3ccc4ccc(-c5ccccc5)nc4c3)c3c(N)nccn23)CC1.Nc1nccn2c(C3CCC(CO)CC3)nc(-c3ccc4ccc(-c5ccccc5)nc4c3)c12. The Balaban J connectivity index is 0.000000111. The van der Waals surface area contributed by atoms with Gasteiger partial charge in [0.15, 0.2) is 0 Å². The van der Waals surface area contributed by atoms with Crippen molar-refractivity contribution in [3.05, 3.63) is 316 Å². The van der Waals surface area contributed by atoms with Crippen molar-refractivity contribution < 1.29 is 9.90 Å². The first-order chi connectivity index (χ1) is 65.1. The minimum atomic E-state index is 0.0778. The summed E-state index contributed by atoms with van der Waals surface area (Å²) in [5, 5.41) is 16.7. The molecule has 24 heteroatoms. The van der Waals surface area contributed by atoms with Gasteiger partial charge in [-0.25, -0.2) is 59.8 Å². The second-order valence-electron chi connectivity index (χ2n) is 35.4. The molecule has 23 rings (SSSR count). The molecule has 1 amide bonds. The van der Waals surface area contributed by atoms with Crippen LogP contribution in [-0.2, 0) is 4.79 Å². The molecule has 8 aromatic carbocycles. The Hall–Kier alpha value is -15.5. The fraction of sp³-hybridized carbons (Fsp3) is 0.220. The molecule has 0 unspecified atom stereocenters. The molecule has 3 aliphatic carbocycles. The van der Waals surface area contributed by atoms with Gasteiger partial charge in [0.2, 0.25) is 5.91 Å². The van der Waals surface area contributed by atoms with Crippen LogP contribution in [0.1, 0.15) is 138 Å². The summed E-state index contributed by atoms with van der Waals surface area (Å²) in [6.07, 6.45) is 26.9. The maximum absolute atomic E-state index is 12.1. The topological polar surface area (TPSA) is 352 Å². The molecule has 0 saturated heterocycles. The third kappa shape index (κ3) is 17.4. The Bertz CT molecular complexity index is 7420. The molecule has 12 aromatic heterocycles. The van der Waals surface area contributed by atoms with E-state index in [1.165, 1.54) is 0 Å². The maximum atomic E-state index is 12.1. The van der Waals surface area contributed by atoms with Crippen molar-refractivity contribution in [1.82, 2.24) is 82.7 Å². The molecule has 0 atom stereocenters. The van der Waals surface area contributed by atoms with Crippen molar-refractivity contribution in [2.75, 3.05) is 43.1 Å². The molecule has 3 fully saturated rings. The fourth-order valence-electron chi connectivity index (χ4n) is 19.6. The Kier molecular flexibility index (Phi) is 24.1. The lowest BCUT2D eigenvalue weighted by atomic mass is 9.81. The molecule has 20 aromatic rings. The van der Waals surface area contributed by atoms with E-state index in [0.717, 1.165) is 263 Å². The number of carbonyl (C=O) groups is 1. The van der Waals surface area contributed by atoms with E-state index < -0.39 is 0 Å². The first kappa shape index (κ1) is 85.6. The summed E-state index contributed by atoms with van der Waals surface area (Å²) in [5.74, 6) is 8.46. The summed E-state index contributed by atoms with van der Waals surface area (Å²) >= 11 is 0. The molecule has 12 N–H and O–H groups in total. The van der Waals surface area contributed by atoms with Crippen LogP contribution < -0.4 is 34.0 Å². The molecule has 662 valence electrons. The van der Waals surface area contributed by atoms with Gasteiger partial charge >= 0.3 is 0 Å². The van der Waals surface area contributed by atoms with Crippen LogP contribution in [0.3, 0.4) is 0 Å². The normalized spacial score (nSPS) is 16.8. The van der Waals surface area contributed by atoms with E-state index >= 15 is 0 Å². The van der Waals surface area contributed by atoms with E-state index in [-0.39, 0.29) is 30.3 Å². The van der Waals surface area contributed by atoms with Crippen molar-refractivity contribution in [3.63, 3.8) is 0 Å². The Labute approximate surface area is 769 Å². The summed E-state index contributed by atoms with van der Waals surface area (Å²) < 4.78 is 8.38. The van der Waals surface area contributed by atoms with Gasteiger partial charge in [-0.05, 0) is 144 Å². The summed E-state index contributed by atoms with van der Waals surface area (Å²) in [5.41, 5.74) is 53.9. The molecule has 12 heterocycles. The van der Waals surface area contributed by atoms with Gasteiger partial charge in [-0.3, -0.25) is 22.4 Å². The van der Waals surface area contributed by atoms with Crippen molar-refractivity contribution >= 4 is 94.9 Å². The first-order valence-electron chi connectivity index (χ1n) is 46.0. The fourth-order valence-corrected chi connectivity index (χ4v) is 19.6. The van der Waals surface area contributed by atoms with Gasteiger partial charge < -0.3 is 39.1 Å². The lowest BCUT2D eigenvalue weighted by Crippen LogP contribution is -2.30. The number of benzene rings is 8. The van der Waals surface area contributed by atoms with Crippen LogP contribution >= 0.6 is 0 Å². The smallest absolute Gasteiger partial charge is 0.222 e. The number of amides is 1. The van der Waals surface area contributed by atoms with E-state index in [1.807, 2.05) is 102 Å². The number of aromatic nitrogens is 16. The lowest BCUT2D eigenvalue weighted by molar-refractivity contribution is -0.125. The summed E-state index contributed by atoms with van der Waals surface area (Å²) in [4.78, 5) is 69.6. The quantitative estimate of drug-likeness (QED) is 0.0501. The number of nitrogens with one attached hydrogen (secondary N) is 1. The van der Waals surface area contributed by atoms with Crippen LogP contribution in [0.15, 0.2) is 292 Å². The van der Waals surface area contributed by atoms with Crippen LogP contribution in [-0.4, -0.2) is 109 Å². The molecule has 0 spiro atoms. The number of nitrogen functional groups attached to an aromatic ring is 4. The number of fused-ring (bicyclic) bond motifs is 8. The molecule has 0 bridgehead atoms. The van der Waals surface area contributed by atoms with Gasteiger partial charge in [-0.15, -0.1) is 0 Å². The van der Waals surface area contributed by atoms with Gasteiger partial charge in [-0.2, -0.15) is 0 Å². The zero-order valence-corrected chi connectivity index (χ0v) is 74.6. The van der Waals surface area contributed by atoms with Gasteiger partial charge in [-0.1, -0.05) is 208 Å². The molecule has 0 radical (unpaired) electrons. The molecule has 133 heavy (non-hydrogen) atoms. The predicted octanol–water partition coefficient (Wildman–Crippen LogP) is 21.4. The molecule has 0 aliphatic heterocycles. The van der Waals surface area contributed by atoms with Crippen molar-refractivity contribution in [2.45, 2.75) is 115 Å². The summed E-state index contributed by atoms with van der Waals surface area (Å²) in [7, 11) is 1.71. The number of pyridine rings is 4. The number of nitrogens with zero attached hydrogens (tertiary/aromatic N) is 16. The minimum absolute atomic E-state index is 0.0778. The average molecular weight is 1750 g/mol. The lowest BCUT2D eigenvalue weighted by Gasteiger charge is -2.26. The van der Waals surface area contributed by atoms with Crippen molar-refractivity contribution in [2.24, 2.45) is 23.5 Å². The van der Waals surface area contributed by atoms with Crippen LogP contribution in [0.2, 0.25) is 0 Å². The number of aliphatic hydroxyl groups is 1. The van der Waals surface area contributed by atoms with Crippen LogP contribution in [0.4, 0.5) is 23.3 Å². The molecule has 24 nitrogen and oxygen atoms in total. The molecular weight excluding hydrogens is 1650 g/mol. The third-order valence-electron chi connectivity index (χ3n) is 26.8. The minimum Gasteiger partial charge on any atom is -0.396 e. The standard InChI is InChI=1S/C29H28N6O.C28H28N6.C28H27N5O.C24H21N5/c1-31-29(36)21-10-8-20(9-11-21)28-34-25(26-27(30)32-15-16-35(26)28)22-12-7-19-13-14-23(33-24(19)17-22)18-5-3-2-4-6-18;29-17-18-6-8-21(9-7-18)28-33-25(26-27(30)31-14-15-34(26)28)22-11-10-20-12-13-23(32-24(20)16-22)19-4-2-1-3-5-19;29-27-26-25(32-28(33(26)15-14-30-27)21-8-6-18(17-34)7-9-21)22-11-10-20-12-13-23(31-24(20)16-22)19-4-2-1-3-5-19;1-15(2)24-28-21(22-23(25)26-12-13-29(22)24)18-9-8-17-10-11-19(27-20(17)14-18)16-6-4-3-5-7-16/h2-7,12-17,20-21H,8-11H2,1H3,(H2,30,32)(H,31,36);1-5,10-16,18,21H,6-9,17,29H2,(H2,30,31);1-5,10-16,18,21,34H,6-9,17H2,(H2,29,30);3-15H,1-2H3,(H2,25,26). The number of aliphatic hydroxyl groups excluding tert-OH is 1. The maximum Gasteiger partial charge on any atom is 0.222 e. The molecule has 3 saturated carbocycles. The van der Waals surface area contributed by atoms with Gasteiger partial charge in [0.05, 0.1) is 44.8 Å². The van der Waals surface area contributed by atoms with E-state index in [2.05, 4.69) is 222 Å². The van der Waals surface area contributed by atoms with Crippen molar-refractivity contribution in [3.8, 4) is 90.1 Å². The van der Waals surface area contributed by atoms with Crippen molar-refractivity contribution in [1.29, 1.82) is 0 Å². The monoisotopic (exact) mass is 1750 g/mol. The number of nitrogens with two attached hydrogens (primary N) is 5. The Morgan fingerprint density at radius 3 is 0.917 bits per heavy atom.